The first kappa shape index (κ1) is 17.2. The standard InChI is InChI=1S/C21H25FOS/c1-21(2)13-19(15-5-9-17(22)10-6-15)20(14-21)16-7-11-18(12-8-16)24(3,4)23/h5-12,19-20H,3,13-14H2,1-2,4H3. The van der Waals surface area contributed by atoms with Crippen LogP contribution in [0.3, 0.4) is 0 Å². The van der Waals surface area contributed by atoms with Gasteiger partial charge in [0.25, 0.3) is 0 Å². The van der Waals surface area contributed by atoms with Crippen LogP contribution >= 0.6 is 0 Å². The minimum absolute atomic E-state index is 0.190. The molecule has 0 heterocycles. The third-order valence-corrected chi connectivity index (χ3v) is 6.41. The first-order chi connectivity index (χ1) is 11.2. The van der Waals surface area contributed by atoms with Crippen molar-refractivity contribution in [3.63, 3.8) is 0 Å². The summed E-state index contributed by atoms with van der Waals surface area (Å²) in [4.78, 5) is 0.793. The molecule has 1 nitrogen and oxygen atoms in total. The topological polar surface area (TPSA) is 17.1 Å². The third kappa shape index (κ3) is 3.56. The lowest BCUT2D eigenvalue weighted by Gasteiger charge is -2.21. The van der Waals surface area contributed by atoms with Crippen molar-refractivity contribution in [3.8, 4) is 0 Å². The maximum atomic E-state index is 13.3. The molecule has 3 heteroatoms. The Kier molecular flexibility index (Phi) is 4.33. The van der Waals surface area contributed by atoms with Crippen LogP contribution in [0.1, 0.15) is 49.7 Å². The Balaban J connectivity index is 1.96. The Morgan fingerprint density at radius 1 is 0.958 bits per heavy atom. The quantitative estimate of drug-likeness (QED) is 0.698. The van der Waals surface area contributed by atoms with Crippen molar-refractivity contribution >= 4 is 15.4 Å². The second kappa shape index (κ2) is 6.03. The molecule has 24 heavy (non-hydrogen) atoms. The molecule has 2 aromatic carbocycles. The van der Waals surface area contributed by atoms with Gasteiger partial charge in [0.15, 0.2) is 0 Å². The number of hydrogen-bond donors (Lipinski definition) is 0. The van der Waals surface area contributed by atoms with Gasteiger partial charge in [0, 0.05) is 11.2 Å². The van der Waals surface area contributed by atoms with Gasteiger partial charge in [-0.3, -0.25) is 4.21 Å². The van der Waals surface area contributed by atoms with Crippen LogP contribution < -0.4 is 0 Å². The molecule has 0 spiro atoms. The molecule has 0 N–H and O–H groups in total. The molecule has 1 saturated carbocycles. The van der Waals surface area contributed by atoms with Crippen LogP contribution in [0.2, 0.25) is 0 Å². The first-order valence-corrected chi connectivity index (χ1v) is 10.5. The van der Waals surface area contributed by atoms with E-state index in [-0.39, 0.29) is 11.2 Å². The highest BCUT2D eigenvalue weighted by Gasteiger charge is 2.40. The molecule has 1 fully saturated rings. The van der Waals surface area contributed by atoms with Gasteiger partial charge in [-0.05, 0) is 80.9 Å². The fourth-order valence-electron chi connectivity index (χ4n) is 3.97. The molecule has 3 atom stereocenters. The van der Waals surface area contributed by atoms with E-state index in [1.807, 2.05) is 24.3 Å². The van der Waals surface area contributed by atoms with Crippen molar-refractivity contribution < 1.29 is 8.60 Å². The maximum absolute atomic E-state index is 13.3. The summed E-state index contributed by atoms with van der Waals surface area (Å²) in [5.41, 5.74) is 2.72. The summed E-state index contributed by atoms with van der Waals surface area (Å²) < 4.78 is 25.4. The maximum Gasteiger partial charge on any atom is 0.123 e. The zero-order valence-corrected chi connectivity index (χ0v) is 15.4. The van der Waals surface area contributed by atoms with Crippen LogP contribution in [0, 0.1) is 11.2 Å². The molecule has 1 aliphatic carbocycles. The molecular weight excluding hydrogens is 319 g/mol. The van der Waals surface area contributed by atoms with Crippen LogP contribution in [-0.2, 0) is 9.52 Å². The normalized spacial score (nSPS) is 25.3. The molecule has 0 aromatic heterocycles. The zero-order valence-electron chi connectivity index (χ0n) is 14.6. The summed E-state index contributed by atoms with van der Waals surface area (Å²) in [5.74, 6) is 4.35. The number of rotatable bonds is 3. The Hall–Kier alpha value is -1.61. The second-order valence-corrected chi connectivity index (χ2v) is 10.4. The van der Waals surface area contributed by atoms with Crippen LogP contribution in [0.5, 0.6) is 0 Å². The highest BCUT2D eigenvalue weighted by molar-refractivity contribution is 7.99. The minimum atomic E-state index is -2.18. The molecule has 0 bridgehead atoms. The summed E-state index contributed by atoms with van der Waals surface area (Å²) in [6.07, 6.45) is 3.85. The van der Waals surface area contributed by atoms with Crippen LogP contribution in [0.15, 0.2) is 53.4 Å². The average Bonchev–Trinajstić information content (AvgIpc) is 2.83. The van der Waals surface area contributed by atoms with Gasteiger partial charge < -0.3 is 0 Å². The highest BCUT2D eigenvalue weighted by atomic mass is 32.2. The fraction of sp³-hybridized carbons (Fsp3) is 0.381. The second-order valence-electron chi connectivity index (χ2n) is 7.91. The van der Waals surface area contributed by atoms with Gasteiger partial charge in [-0.25, -0.2) is 4.39 Å². The van der Waals surface area contributed by atoms with Crippen molar-refractivity contribution in [1.29, 1.82) is 0 Å². The fourth-order valence-corrected chi connectivity index (χ4v) is 4.68. The molecule has 0 aliphatic heterocycles. The van der Waals surface area contributed by atoms with E-state index >= 15 is 0 Å². The Morgan fingerprint density at radius 2 is 1.38 bits per heavy atom. The van der Waals surface area contributed by atoms with Crippen LogP contribution in [-0.4, -0.2) is 16.3 Å². The summed E-state index contributed by atoms with van der Waals surface area (Å²) in [6, 6.07) is 15.0. The summed E-state index contributed by atoms with van der Waals surface area (Å²) in [6.45, 7) is 4.60. The summed E-state index contributed by atoms with van der Waals surface area (Å²) in [7, 11) is -2.18. The molecular formula is C21H25FOS. The van der Waals surface area contributed by atoms with Gasteiger partial charge in [-0.15, -0.1) is 0 Å². The van der Waals surface area contributed by atoms with E-state index in [4.69, 9.17) is 0 Å². The monoisotopic (exact) mass is 344 g/mol. The van der Waals surface area contributed by atoms with Crippen molar-refractivity contribution in [2.75, 3.05) is 6.26 Å². The van der Waals surface area contributed by atoms with Crippen molar-refractivity contribution in [3.05, 3.63) is 65.5 Å². The average molecular weight is 344 g/mol. The van der Waals surface area contributed by atoms with E-state index in [1.54, 1.807) is 18.4 Å². The lowest BCUT2D eigenvalue weighted by molar-refractivity contribution is 0.372. The molecule has 0 radical (unpaired) electrons. The molecule has 128 valence electrons. The highest BCUT2D eigenvalue weighted by Crippen LogP contribution is 2.54. The molecule has 0 saturated heterocycles. The van der Waals surface area contributed by atoms with Crippen molar-refractivity contribution in [2.45, 2.75) is 43.4 Å². The lowest BCUT2D eigenvalue weighted by atomic mass is 9.84. The molecule has 2 aromatic rings. The van der Waals surface area contributed by atoms with Crippen LogP contribution in [0.4, 0.5) is 4.39 Å². The van der Waals surface area contributed by atoms with Gasteiger partial charge in [-0.1, -0.05) is 38.1 Å². The van der Waals surface area contributed by atoms with E-state index in [2.05, 4.69) is 31.9 Å². The smallest absolute Gasteiger partial charge is 0.123 e. The summed E-state index contributed by atoms with van der Waals surface area (Å²) >= 11 is 0. The minimum Gasteiger partial charge on any atom is -0.263 e. The Morgan fingerprint density at radius 3 is 1.79 bits per heavy atom. The van der Waals surface area contributed by atoms with E-state index in [0.717, 1.165) is 17.7 Å². The van der Waals surface area contributed by atoms with Crippen LogP contribution in [0.25, 0.3) is 0 Å². The van der Waals surface area contributed by atoms with Gasteiger partial charge in [0.05, 0.1) is 0 Å². The van der Waals surface area contributed by atoms with E-state index in [9.17, 15) is 8.60 Å². The molecule has 3 unspecified atom stereocenters. The number of hydrogen-bond acceptors (Lipinski definition) is 1. The Bertz CT molecular complexity index is 817. The molecule has 3 rings (SSSR count). The van der Waals surface area contributed by atoms with Gasteiger partial charge in [0.1, 0.15) is 5.82 Å². The Labute approximate surface area is 144 Å². The largest absolute Gasteiger partial charge is 0.263 e. The van der Waals surface area contributed by atoms with Crippen molar-refractivity contribution in [2.24, 2.45) is 5.41 Å². The van der Waals surface area contributed by atoms with E-state index in [0.29, 0.717) is 11.8 Å². The lowest BCUT2D eigenvalue weighted by Crippen LogP contribution is -2.05. The van der Waals surface area contributed by atoms with Gasteiger partial charge >= 0.3 is 0 Å². The van der Waals surface area contributed by atoms with E-state index < -0.39 is 9.52 Å². The van der Waals surface area contributed by atoms with Crippen molar-refractivity contribution in [1.82, 2.24) is 0 Å². The molecule has 0 amide bonds. The third-order valence-electron chi connectivity index (χ3n) is 5.14. The number of halogens is 1. The molecule has 1 aliphatic rings. The first-order valence-electron chi connectivity index (χ1n) is 8.33. The van der Waals surface area contributed by atoms with E-state index in [1.165, 1.54) is 11.1 Å². The zero-order chi connectivity index (χ0) is 17.5. The summed E-state index contributed by atoms with van der Waals surface area (Å²) in [5, 5.41) is 0. The SMILES string of the molecule is C=S(C)(=O)c1ccc(C2CC(C)(C)CC2c2ccc(F)cc2)cc1. The van der Waals surface area contributed by atoms with Gasteiger partial charge in [0.2, 0.25) is 0 Å². The van der Waals surface area contributed by atoms with Gasteiger partial charge in [-0.2, -0.15) is 0 Å². The number of benzene rings is 2. The predicted molar refractivity (Wildman–Crippen MR) is 101 cm³/mol. The predicted octanol–water partition coefficient (Wildman–Crippen LogP) is 5.22.